The maximum Gasteiger partial charge on any atom is 0.0982 e. The van der Waals surface area contributed by atoms with Crippen molar-refractivity contribution >= 4 is 32.9 Å². The minimum absolute atomic E-state index is 0.618. The highest BCUT2D eigenvalue weighted by molar-refractivity contribution is 7.18. The molecule has 0 N–H and O–H groups in total. The lowest BCUT2D eigenvalue weighted by Gasteiger charge is -2.13. The quantitative estimate of drug-likeness (QED) is 0.715. The molecule has 3 heterocycles. The summed E-state index contributed by atoms with van der Waals surface area (Å²) in [5.41, 5.74) is 1.16. The van der Waals surface area contributed by atoms with E-state index in [-0.39, 0.29) is 0 Å². The average Bonchev–Trinajstić information content (AvgIpc) is 3.18. The van der Waals surface area contributed by atoms with E-state index in [2.05, 4.69) is 46.7 Å². The molecule has 2 aromatic heterocycles. The maximum atomic E-state index is 4.82. The fourth-order valence-electron chi connectivity index (χ4n) is 2.87. The van der Waals surface area contributed by atoms with Crippen LogP contribution in [0.5, 0.6) is 0 Å². The Labute approximate surface area is 126 Å². The molecule has 0 bridgehead atoms. The Balaban J connectivity index is 1.50. The van der Waals surface area contributed by atoms with E-state index < -0.39 is 0 Å². The monoisotopic (exact) mass is 300 g/mol. The lowest BCUT2D eigenvalue weighted by atomic mass is 10.1. The van der Waals surface area contributed by atoms with E-state index in [4.69, 9.17) is 4.98 Å². The van der Waals surface area contributed by atoms with E-state index in [1.165, 1.54) is 27.6 Å². The smallest absolute Gasteiger partial charge is 0.0982 e. The van der Waals surface area contributed by atoms with Crippen LogP contribution >= 0.6 is 22.7 Å². The third kappa shape index (κ3) is 2.39. The zero-order chi connectivity index (χ0) is 13.4. The van der Waals surface area contributed by atoms with Gasteiger partial charge in [0.05, 0.1) is 15.2 Å². The summed E-state index contributed by atoms with van der Waals surface area (Å²) in [6.07, 6.45) is 1.24. The molecule has 4 rings (SSSR count). The molecule has 1 aliphatic rings. The Bertz CT molecular complexity index is 669. The minimum Gasteiger partial charge on any atom is -0.298 e. The lowest BCUT2D eigenvalue weighted by molar-refractivity contribution is 0.330. The molecule has 0 aliphatic carbocycles. The fourth-order valence-corrected chi connectivity index (χ4v) is 4.70. The van der Waals surface area contributed by atoms with Crippen molar-refractivity contribution in [1.29, 1.82) is 0 Å². The Morgan fingerprint density at radius 2 is 2.15 bits per heavy atom. The minimum atomic E-state index is 0.618. The summed E-state index contributed by atoms with van der Waals surface area (Å²) in [6, 6.07) is 12.8. The van der Waals surface area contributed by atoms with Gasteiger partial charge in [-0.15, -0.1) is 22.7 Å². The van der Waals surface area contributed by atoms with Crippen LogP contribution in [-0.2, 0) is 6.54 Å². The first-order valence-corrected chi connectivity index (χ1v) is 8.68. The molecule has 0 saturated carbocycles. The van der Waals surface area contributed by atoms with Gasteiger partial charge in [0, 0.05) is 23.9 Å². The van der Waals surface area contributed by atoms with E-state index in [9.17, 15) is 0 Å². The van der Waals surface area contributed by atoms with Gasteiger partial charge < -0.3 is 0 Å². The highest BCUT2D eigenvalue weighted by atomic mass is 32.1. The molecular formula is C16H16N2S2. The second-order valence-corrected chi connectivity index (χ2v) is 7.41. The number of benzene rings is 1. The number of hydrogen-bond donors (Lipinski definition) is 0. The summed E-state index contributed by atoms with van der Waals surface area (Å²) in [7, 11) is 0. The summed E-state index contributed by atoms with van der Waals surface area (Å²) >= 11 is 3.73. The van der Waals surface area contributed by atoms with Gasteiger partial charge in [0.15, 0.2) is 0 Å². The number of thiophene rings is 1. The van der Waals surface area contributed by atoms with Crippen LogP contribution in [0, 0.1) is 0 Å². The molecule has 1 saturated heterocycles. The maximum absolute atomic E-state index is 4.82. The van der Waals surface area contributed by atoms with Crippen molar-refractivity contribution < 1.29 is 0 Å². The predicted molar refractivity (Wildman–Crippen MR) is 86.6 cm³/mol. The number of nitrogens with zero attached hydrogens (tertiary/aromatic N) is 2. The van der Waals surface area contributed by atoms with Gasteiger partial charge in [-0.1, -0.05) is 18.2 Å². The third-order valence-electron chi connectivity index (χ3n) is 3.89. The molecule has 102 valence electrons. The topological polar surface area (TPSA) is 16.1 Å². The van der Waals surface area contributed by atoms with Crippen LogP contribution in [-0.4, -0.2) is 23.0 Å². The first kappa shape index (κ1) is 12.5. The molecule has 0 unspecified atom stereocenters. The van der Waals surface area contributed by atoms with Crippen LogP contribution in [0.2, 0.25) is 0 Å². The van der Waals surface area contributed by atoms with E-state index in [0.717, 1.165) is 18.6 Å². The van der Waals surface area contributed by atoms with Gasteiger partial charge in [-0.05, 0) is 36.5 Å². The normalized spacial score (nSPS) is 19.9. The van der Waals surface area contributed by atoms with Crippen molar-refractivity contribution in [2.24, 2.45) is 0 Å². The number of fused-ring (bicyclic) bond motifs is 1. The molecule has 20 heavy (non-hydrogen) atoms. The molecular weight excluding hydrogens is 284 g/mol. The molecule has 1 aromatic carbocycles. The Hall–Kier alpha value is -1.23. The summed E-state index contributed by atoms with van der Waals surface area (Å²) in [5, 5.41) is 3.48. The van der Waals surface area contributed by atoms with Crippen LogP contribution < -0.4 is 0 Å². The number of aromatic nitrogens is 1. The van der Waals surface area contributed by atoms with Gasteiger partial charge in [0.2, 0.25) is 0 Å². The van der Waals surface area contributed by atoms with Crippen LogP contribution in [0.15, 0.2) is 41.8 Å². The van der Waals surface area contributed by atoms with Crippen molar-refractivity contribution in [2.45, 2.75) is 18.9 Å². The van der Waals surface area contributed by atoms with Crippen molar-refractivity contribution in [1.82, 2.24) is 9.88 Å². The summed E-state index contributed by atoms with van der Waals surface area (Å²) in [5.74, 6) is 0.618. The first-order chi connectivity index (χ1) is 9.88. The van der Waals surface area contributed by atoms with Gasteiger partial charge in [0.1, 0.15) is 0 Å². The molecule has 1 atom stereocenters. The molecule has 0 radical (unpaired) electrons. The molecule has 1 fully saturated rings. The SMILES string of the molecule is c1csc(CN2CC[C@H](c3nc4ccccc4s3)C2)c1. The lowest BCUT2D eigenvalue weighted by Crippen LogP contribution is -2.19. The van der Waals surface area contributed by atoms with Crippen molar-refractivity contribution in [3.63, 3.8) is 0 Å². The van der Waals surface area contributed by atoms with Gasteiger partial charge in [0.25, 0.3) is 0 Å². The van der Waals surface area contributed by atoms with E-state index in [1.807, 2.05) is 22.7 Å². The number of rotatable bonds is 3. The van der Waals surface area contributed by atoms with Crippen LogP contribution in [0.25, 0.3) is 10.2 Å². The molecule has 0 spiro atoms. The number of hydrogen-bond acceptors (Lipinski definition) is 4. The zero-order valence-corrected chi connectivity index (χ0v) is 12.8. The predicted octanol–water partition coefficient (Wildman–Crippen LogP) is 4.35. The van der Waals surface area contributed by atoms with Gasteiger partial charge in [-0.25, -0.2) is 4.98 Å². The third-order valence-corrected chi connectivity index (χ3v) is 5.95. The number of thiazole rings is 1. The van der Waals surface area contributed by atoms with E-state index in [1.54, 1.807) is 0 Å². The van der Waals surface area contributed by atoms with Crippen LogP contribution in [0.3, 0.4) is 0 Å². The van der Waals surface area contributed by atoms with Crippen LogP contribution in [0.4, 0.5) is 0 Å². The molecule has 3 aromatic rings. The molecule has 0 amide bonds. The second kappa shape index (κ2) is 5.28. The van der Waals surface area contributed by atoms with E-state index in [0.29, 0.717) is 5.92 Å². The van der Waals surface area contributed by atoms with Gasteiger partial charge in [-0.3, -0.25) is 4.90 Å². The zero-order valence-electron chi connectivity index (χ0n) is 11.2. The first-order valence-electron chi connectivity index (χ1n) is 6.99. The fraction of sp³-hybridized carbons (Fsp3) is 0.312. The highest BCUT2D eigenvalue weighted by Gasteiger charge is 2.26. The summed E-state index contributed by atoms with van der Waals surface area (Å²) < 4.78 is 1.32. The Morgan fingerprint density at radius 1 is 1.20 bits per heavy atom. The Kier molecular flexibility index (Phi) is 3.30. The van der Waals surface area contributed by atoms with Crippen molar-refractivity contribution in [3.05, 3.63) is 51.7 Å². The number of para-hydroxylation sites is 1. The largest absolute Gasteiger partial charge is 0.298 e. The second-order valence-electron chi connectivity index (χ2n) is 5.32. The van der Waals surface area contributed by atoms with Crippen LogP contribution in [0.1, 0.15) is 22.2 Å². The van der Waals surface area contributed by atoms with Crippen molar-refractivity contribution in [2.75, 3.05) is 13.1 Å². The number of likely N-dealkylation sites (tertiary alicyclic amines) is 1. The van der Waals surface area contributed by atoms with Crippen molar-refractivity contribution in [3.8, 4) is 0 Å². The highest BCUT2D eigenvalue weighted by Crippen LogP contribution is 2.33. The van der Waals surface area contributed by atoms with Gasteiger partial charge >= 0.3 is 0 Å². The summed E-state index contributed by atoms with van der Waals surface area (Å²) in [4.78, 5) is 8.85. The summed E-state index contributed by atoms with van der Waals surface area (Å²) in [6.45, 7) is 3.44. The molecule has 2 nitrogen and oxygen atoms in total. The van der Waals surface area contributed by atoms with Gasteiger partial charge in [-0.2, -0.15) is 0 Å². The molecule has 1 aliphatic heterocycles. The Morgan fingerprint density at radius 3 is 3.00 bits per heavy atom. The average molecular weight is 300 g/mol. The standard InChI is InChI=1S/C16H16N2S2/c1-2-6-15-14(5-1)17-16(20-15)12-7-8-18(10-12)11-13-4-3-9-19-13/h1-6,9,12H,7-8,10-11H2/t12-/m0/s1. The molecule has 4 heteroatoms. The van der Waals surface area contributed by atoms with E-state index >= 15 is 0 Å².